The Morgan fingerprint density at radius 2 is 1.14 bits per heavy atom. The van der Waals surface area contributed by atoms with E-state index >= 15 is 0 Å². The van der Waals surface area contributed by atoms with Gasteiger partial charge in [-0.25, -0.2) is 0 Å². The molecule has 4 heteroatoms. The molecule has 0 aliphatic heterocycles. The third-order valence-electron chi connectivity index (χ3n) is 7.06. The van der Waals surface area contributed by atoms with Crippen molar-refractivity contribution in [3.8, 4) is 0 Å². The molecule has 2 atom stereocenters. The van der Waals surface area contributed by atoms with Crippen molar-refractivity contribution in [2.24, 2.45) is 0 Å². The van der Waals surface area contributed by atoms with Gasteiger partial charge in [0.25, 0.3) is 0 Å². The number of halogens is 2. The van der Waals surface area contributed by atoms with E-state index in [1.54, 1.807) is 0 Å². The van der Waals surface area contributed by atoms with Crippen molar-refractivity contribution < 1.29 is 15.3 Å². The minimum atomic E-state index is -4.52. The van der Waals surface area contributed by atoms with E-state index in [0.717, 1.165) is 12.8 Å². The molecule has 0 fully saturated rings. The van der Waals surface area contributed by atoms with E-state index in [1.807, 2.05) is 0 Å². The molecule has 0 amide bonds. The van der Waals surface area contributed by atoms with Crippen molar-refractivity contribution in [1.82, 2.24) is 0 Å². The molecule has 0 radical (unpaired) electrons. The Labute approximate surface area is 178 Å². The quantitative estimate of drug-likeness (QED) is 0.307. The van der Waals surface area contributed by atoms with Gasteiger partial charge in [-0.05, 0) is 0 Å². The molecule has 0 bridgehead atoms. The maximum atomic E-state index is 8.11. The molecule has 0 saturated carbocycles. The topological polar surface area (TPSA) is 0 Å². The Morgan fingerprint density at radius 3 is 1.50 bits per heavy atom. The van der Waals surface area contributed by atoms with Gasteiger partial charge < -0.3 is 0 Å². The summed E-state index contributed by atoms with van der Waals surface area (Å²) < 4.78 is 0.499. The Balaban J connectivity index is 2.00. The van der Waals surface area contributed by atoms with Crippen LogP contribution in [0.4, 0.5) is 0 Å². The van der Waals surface area contributed by atoms with E-state index in [-0.39, 0.29) is 7.35 Å². The van der Waals surface area contributed by atoms with Gasteiger partial charge in [-0.3, -0.25) is 0 Å². The van der Waals surface area contributed by atoms with Gasteiger partial charge in [-0.2, -0.15) is 0 Å². The number of hydrogen-bond donors (Lipinski definition) is 0. The maximum absolute atomic E-state index is 8.11. The van der Waals surface area contributed by atoms with Crippen LogP contribution < -0.4 is 0 Å². The van der Waals surface area contributed by atoms with E-state index in [9.17, 15) is 0 Å². The van der Waals surface area contributed by atoms with Crippen LogP contribution in [0.5, 0.6) is 0 Å². The summed E-state index contributed by atoms with van der Waals surface area (Å²) in [6.45, 7) is 9.35. The standard InChI is InChI=1S/2C11H11.C2H7Si.2ClH.Hf/c2*1-2-9-7-10-5-3-4-6-11(10)8-9;1-3-2;;;/h2*3-8H,2H2,1H3;3H,1-2H3;2*1H;/q;;;;;+2/p-2. The second-order valence-corrected chi connectivity index (χ2v) is 67.9. The first-order valence-corrected chi connectivity index (χ1v) is 32.6. The average Bonchev–Trinajstić information content (AvgIpc) is 3.26. The zero-order valence-electron chi connectivity index (χ0n) is 17.2. The summed E-state index contributed by atoms with van der Waals surface area (Å²) in [5.74, 6) is -1.38. The van der Waals surface area contributed by atoms with E-state index < -0.39 is 21.3 Å². The fourth-order valence-electron chi connectivity index (χ4n) is 5.52. The summed E-state index contributed by atoms with van der Waals surface area (Å²) in [5.41, 5.74) is 8.36. The number of hydrogen-bond acceptors (Lipinski definition) is 0. The molecule has 0 heterocycles. The van der Waals surface area contributed by atoms with Gasteiger partial charge in [-0.1, -0.05) is 0 Å². The van der Waals surface area contributed by atoms with Crippen LogP contribution in [0, 0.1) is 0 Å². The van der Waals surface area contributed by atoms with Gasteiger partial charge in [0, 0.05) is 0 Å². The molecule has 0 spiro atoms. The molecular formula is C24H29Cl2HfSi. The molecule has 2 aliphatic rings. The zero-order valence-corrected chi connectivity index (χ0v) is 23.4. The summed E-state index contributed by atoms with van der Waals surface area (Å²) in [6, 6.07) is 17.6. The van der Waals surface area contributed by atoms with Crippen LogP contribution in [0.2, 0.25) is 13.1 Å². The fraction of sp³-hybridized carbons (Fsp3) is 0.333. The van der Waals surface area contributed by atoms with Crippen LogP contribution in [0.3, 0.4) is 0 Å². The first-order chi connectivity index (χ1) is 13.3. The molecular weight excluding hydrogens is 566 g/mol. The summed E-state index contributed by atoms with van der Waals surface area (Å²) in [6.07, 6.45) is 6.80. The molecule has 2 aromatic carbocycles. The first-order valence-electron chi connectivity index (χ1n) is 10.5. The van der Waals surface area contributed by atoms with Crippen LogP contribution in [0.15, 0.2) is 59.7 Å². The van der Waals surface area contributed by atoms with Crippen molar-refractivity contribution in [3.63, 3.8) is 0 Å². The van der Waals surface area contributed by atoms with E-state index in [2.05, 4.69) is 87.6 Å². The Kier molecular flexibility index (Phi) is 5.49. The van der Waals surface area contributed by atoms with E-state index in [4.69, 9.17) is 17.2 Å². The second-order valence-electron chi connectivity index (χ2n) is 8.65. The fourth-order valence-corrected chi connectivity index (χ4v) is 50.6. The molecule has 0 aromatic heterocycles. The SMILES string of the molecule is CCC1=Cc2ccccc2[CH]1[Hf]([Cl])([Cl])([CH]1C(CC)=Cc2ccccc21)[SiH](C)C. The number of rotatable bonds is 5. The minimum absolute atomic E-state index is 0.249. The molecule has 2 aliphatic carbocycles. The van der Waals surface area contributed by atoms with Crippen LogP contribution in [0.25, 0.3) is 12.2 Å². The molecule has 2 aromatic rings. The molecule has 2 unspecified atom stereocenters. The molecule has 4 rings (SSSR count). The van der Waals surface area contributed by atoms with Gasteiger partial charge in [0.05, 0.1) is 0 Å². The summed E-state index contributed by atoms with van der Waals surface area (Å²) >= 11 is -4.52. The van der Waals surface area contributed by atoms with Gasteiger partial charge in [0.1, 0.15) is 0 Å². The molecule has 0 N–H and O–H groups in total. The Hall–Kier alpha value is -0.413. The van der Waals surface area contributed by atoms with Gasteiger partial charge in [0.2, 0.25) is 0 Å². The van der Waals surface area contributed by atoms with Crippen molar-refractivity contribution in [3.05, 3.63) is 81.9 Å². The summed E-state index contributed by atoms with van der Waals surface area (Å²) in [5, 5.41) is 0. The number of allylic oxidation sites excluding steroid dienone is 2. The second kappa shape index (κ2) is 7.37. The van der Waals surface area contributed by atoms with Crippen molar-refractivity contribution in [2.75, 3.05) is 0 Å². The third kappa shape index (κ3) is 2.86. The molecule has 147 valence electrons. The Morgan fingerprint density at radius 1 is 0.750 bits per heavy atom. The number of benzene rings is 2. The van der Waals surface area contributed by atoms with E-state index in [0.29, 0.717) is 0 Å². The molecule has 28 heavy (non-hydrogen) atoms. The summed E-state index contributed by atoms with van der Waals surface area (Å²) in [7, 11) is 16.2. The van der Waals surface area contributed by atoms with Gasteiger partial charge in [-0.15, -0.1) is 0 Å². The van der Waals surface area contributed by atoms with Crippen molar-refractivity contribution in [2.45, 2.75) is 47.1 Å². The van der Waals surface area contributed by atoms with E-state index in [1.165, 1.54) is 33.4 Å². The third-order valence-corrected chi connectivity index (χ3v) is 79.9. The Bertz CT molecular complexity index is 916. The van der Waals surface area contributed by atoms with Crippen LogP contribution in [-0.2, 0) is 15.3 Å². The van der Waals surface area contributed by atoms with Crippen LogP contribution >= 0.6 is 17.2 Å². The normalized spacial score (nSPS) is 22.3. The van der Waals surface area contributed by atoms with Gasteiger partial charge in [0.15, 0.2) is 0 Å². The molecule has 0 saturated heterocycles. The van der Waals surface area contributed by atoms with Crippen molar-refractivity contribution >= 4 is 35.3 Å². The monoisotopic (exact) mass is 595 g/mol. The predicted octanol–water partition coefficient (Wildman–Crippen LogP) is 8.06. The van der Waals surface area contributed by atoms with Crippen molar-refractivity contribution in [1.29, 1.82) is 0 Å². The molecule has 0 nitrogen and oxygen atoms in total. The summed E-state index contributed by atoms with van der Waals surface area (Å²) in [4.78, 5) is 0. The van der Waals surface area contributed by atoms with Crippen LogP contribution in [-0.4, -0.2) is 5.98 Å². The first kappa shape index (κ1) is 20.8. The van der Waals surface area contributed by atoms with Gasteiger partial charge >= 0.3 is 180 Å². The zero-order chi connectivity index (χ0) is 20.1. The average molecular weight is 595 g/mol. The predicted molar refractivity (Wildman–Crippen MR) is 125 cm³/mol. The van der Waals surface area contributed by atoms with Crippen LogP contribution in [0.1, 0.15) is 56.3 Å². The number of fused-ring (bicyclic) bond motifs is 2.